The van der Waals surface area contributed by atoms with Crippen LogP contribution in [0.1, 0.15) is 0 Å². The van der Waals surface area contributed by atoms with Crippen LogP contribution in [-0.2, 0) is 21.8 Å². The minimum Gasteiger partial charge on any atom is -0.784 e. The second-order valence-corrected chi connectivity index (χ2v) is 1.90. The zero-order valence-electron chi connectivity index (χ0n) is 6.71. The number of hydrogen-bond donors (Lipinski definition) is 1. The van der Waals surface area contributed by atoms with Crippen LogP contribution in [-0.4, -0.2) is 30.8 Å². The summed E-state index contributed by atoms with van der Waals surface area (Å²) in [6, 6.07) is 0. The van der Waals surface area contributed by atoms with Crippen LogP contribution in [0.2, 0.25) is 0 Å². The van der Waals surface area contributed by atoms with Crippen LogP contribution >= 0.6 is 0 Å². The molecule has 0 amide bonds. The summed E-state index contributed by atoms with van der Waals surface area (Å²) in [6.45, 7) is 0. The van der Waals surface area contributed by atoms with E-state index in [1.807, 2.05) is 0 Å². The van der Waals surface area contributed by atoms with Gasteiger partial charge >= 0.3 is 88.7 Å². The molecule has 0 aromatic rings. The van der Waals surface area contributed by atoms with Crippen molar-refractivity contribution in [3.05, 3.63) is 0 Å². The quantitative estimate of drug-likeness (QED) is 0.193. The van der Waals surface area contributed by atoms with E-state index >= 15 is 0 Å². The SMILES string of the molecule is O=S(=O)([O-])O.O=S([O-])[O-].[Na+].[Na+].[Na+]. The molecule has 12 heteroatoms. The molecule has 1 N–H and O–H groups in total. The van der Waals surface area contributed by atoms with Gasteiger partial charge in [0, 0.05) is 0 Å². The molecule has 0 heterocycles. The van der Waals surface area contributed by atoms with Gasteiger partial charge in [0.1, 0.15) is 0 Å². The van der Waals surface area contributed by atoms with Gasteiger partial charge in [-0.3, -0.25) is 8.76 Å². The van der Waals surface area contributed by atoms with Crippen molar-refractivity contribution in [1.29, 1.82) is 0 Å². The summed E-state index contributed by atoms with van der Waals surface area (Å²) in [5.74, 6) is 0. The van der Waals surface area contributed by atoms with Gasteiger partial charge < -0.3 is 13.7 Å². The predicted octanol–water partition coefficient (Wildman–Crippen LogP) is -11.0. The maximum atomic E-state index is 8.63. The molecule has 0 spiro atoms. The van der Waals surface area contributed by atoms with Crippen molar-refractivity contribution >= 4 is 21.8 Å². The Morgan fingerprint density at radius 2 is 1.08 bits per heavy atom. The van der Waals surface area contributed by atoms with Gasteiger partial charge in [-0.25, -0.2) is 8.42 Å². The molecule has 0 saturated carbocycles. The summed E-state index contributed by atoms with van der Waals surface area (Å²) in [4.78, 5) is 0. The molecular formula is HNa3O7S2. The topological polar surface area (TPSA) is 141 Å². The van der Waals surface area contributed by atoms with E-state index in [2.05, 4.69) is 0 Å². The molecule has 0 fully saturated rings. The van der Waals surface area contributed by atoms with Gasteiger partial charge in [-0.1, -0.05) is 0 Å². The standard InChI is InChI=1S/3Na.H2O4S.H2O3S/c;;;1-5(2,3)4;1-4(2)3/h;;;(H2,1,2,3,4);(H2,1,2,3)/q3*+1;;/p-3. The zero-order valence-corrected chi connectivity index (χ0v) is 14.3. The van der Waals surface area contributed by atoms with Crippen molar-refractivity contribution < 1.29 is 120 Å². The van der Waals surface area contributed by atoms with E-state index in [9.17, 15) is 0 Å². The first-order valence-electron chi connectivity index (χ1n) is 1.18. The molecule has 0 bridgehead atoms. The minimum absolute atomic E-state index is 0. The van der Waals surface area contributed by atoms with E-state index < -0.39 is 21.8 Å². The van der Waals surface area contributed by atoms with Crippen molar-refractivity contribution in [3.8, 4) is 0 Å². The molecule has 0 aliphatic carbocycles. The van der Waals surface area contributed by atoms with Crippen LogP contribution in [0.4, 0.5) is 0 Å². The fraction of sp³-hybridized carbons (Fsp3) is 0. The molecular weight excluding hydrogens is 245 g/mol. The fourth-order valence-corrected chi connectivity index (χ4v) is 0. The molecule has 0 aliphatic rings. The second kappa shape index (κ2) is 16.4. The van der Waals surface area contributed by atoms with Crippen molar-refractivity contribution in [2.24, 2.45) is 0 Å². The molecule has 0 atom stereocenters. The van der Waals surface area contributed by atoms with Crippen LogP contribution in [0.3, 0.4) is 0 Å². The van der Waals surface area contributed by atoms with Crippen LogP contribution in [0.15, 0.2) is 0 Å². The molecule has 0 aromatic carbocycles. The number of rotatable bonds is 0. The van der Waals surface area contributed by atoms with Gasteiger partial charge in [0.05, 0.1) is 0 Å². The van der Waals surface area contributed by atoms with E-state index in [0.717, 1.165) is 0 Å². The average molecular weight is 246 g/mol. The molecule has 58 valence electrons. The Labute approximate surface area is 139 Å². The molecule has 0 unspecified atom stereocenters. The van der Waals surface area contributed by atoms with Gasteiger partial charge in [0.15, 0.2) is 0 Å². The third-order valence-corrected chi connectivity index (χ3v) is 0. The summed E-state index contributed by atoms with van der Waals surface area (Å²) >= 11 is -3.11. The third kappa shape index (κ3) is 213. The van der Waals surface area contributed by atoms with Crippen molar-refractivity contribution in [2.75, 3.05) is 0 Å². The first-order valence-corrected chi connectivity index (χ1v) is 3.55. The Balaban J connectivity index is -0.0000000221. The molecule has 0 aliphatic heterocycles. The Morgan fingerprint density at radius 3 is 1.08 bits per heavy atom. The van der Waals surface area contributed by atoms with E-state index in [0.29, 0.717) is 0 Å². The molecule has 12 heavy (non-hydrogen) atoms. The van der Waals surface area contributed by atoms with Crippen molar-refractivity contribution in [3.63, 3.8) is 0 Å². The van der Waals surface area contributed by atoms with Gasteiger partial charge in [-0.2, -0.15) is 0 Å². The maximum Gasteiger partial charge on any atom is 1.00 e. The van der Waals surface area contributed by atoms with E-state index in [-0.39, 0.29) is 88.7 Å². The van der Waals surface area contributed by atoms with Crippen molar-refractivity contribution in [2.45, 2.75) is 0 Å². The van der Waals surface area contributed by atoms with Crippen LogP contribution in [0.25, 0.3) is 0 Å². The molecule has 0 rings (SSSR count). The summed E-state index contributed by atoms with van der Waals surface area (Å²) in [5.41, 5.74) is 0. The van der Waals surface area contributed by atoms with Crippen LogP contribution in [0.5, 0.6) is 0 Å². The Morgan fingerprint density at radius 1 is 1.08 bits per heavy atom. The van der Waals surface area contributed by atoms with E-state index in [1.165, 1.54) is 0 Å². The van der Waals surface area contributed by atoms with Gasteiger partial charge in [-0.05, 0) is 0 Å². The predicted molar refractivity (Wildman–Crippen MR) is 22.0 cm³/mol. The average Bonchev–Trinajstić information content (AvgIpc) is 1.19. The largest absolute Gasteiger partial charge is 1.00 e. The van der Waals surface area contributed by atoms with Crippen LogP contribution in [0, 0.1) is 0 Å². The van der Waals surface area contributed by atoms with Gasteiger partial charge in [0.2, 0.25) is 10.4 Å². The summed E-state index contributed by atoms with van der Waals surface area (Å²) in [5, 5.41) is 0. The molecule has 7 nitrogen and oxygen atoms in total. The Bertz CT molecular complexity index is 159. The van der Waals surface area contributed by atoms with E-state index in [4.69, 9.17) is 30.8 Å². The summed E-state index contributed by atoms with van der Waals surface area (Å²) in [7, 11) is -4.92. The zero-order chi connectivity index (χ0) is 8.08. The second-order valence-electron chi connectivity index (χ2n) is 0.632. The maximum absolute atomic E-state index is 8.63. The van der Waals surface area contributed by atoms with Crippen molar-refractivity contribution in [1.82, 2.24) is 0 Å². The first kappa shape index (κ1) is 29.4. The Kier molecular flexibility index (Phi) is 40.1. The van der Waals surface area contributed by atoms with Gasteiger partial charge in [-0.15, -0.1) is 11.4 Å². The third-order valence-electron chi connectivity index (χ3n) is 0. The van der Waals surface area contributed by atoms with Gasteiger partial charge in [0.25, 0.3) is 0 Å². The molecule has 0 aromatic heterocycles. The van der Waals surface area contributed by atoms with Crippen LogP contribution < -0.4 is 88.7 Å². The Hall–Kier alpha value is 2.94. The molecule has 0 saturated heterocycles. The number of hydrogen-bond acceptors (Lipinski definition) is 6. The monoisotopic (exact) mass is 246 g/mol. The summed E-state index contributed by atoms with van der Waals surface area (Å²) in [6.07, 6.45) is 0. The minimum atomic E-state index is -4.92. The summed E-state index contributed by atoms with van der Waals surface area (Å²) < 4.78 is 58.2. The molecule has 0 radical (unpaired) electrons. The normalized spacial score (nSPS) is 7.75. The smallest absolute Gasteiger partial charge is 0.784 e. The fourth-order valence-electron chi connectivity index (χ4n) is 0. The first-order chi connectivity index (χ1) is 3.73. The van der Waals surface area contributed by atoms with E-state index in [1.54, 1.807) is 0 Å².